The van der Waals surface area contributed by atoms with Gasteiger partial charge in [-0.25, -0.2) is 0 Å². The highest BCUT2D eigenvalue weighted by molar-refractivity contribution is 5.50. The Morgan fingerprint density at radius 2 is 2.00 bits per heavy atom. The molecule has 0 aliphatic carbocycles. The van der Waals surface area contributed by atoms with Crippen LogP contribution in [0.1, 0.15) is 45.5 Å². The van der Waals surface area contributed by atoms with Crippen molar-refractivity contribution in [2.24, 2.45) is 0 Å². The zero-order valence-corrected chi connectivity index (χ0v) is 10.5. The smallest absolute Gasteiger partial charge is 0.164 e. The van der Waals surface area contributed by atoms with Crippen molar-refractivity contribution in [1.29, 1.82) is 0 Å². The molecule has 3 nitrogen and oxygen atoms in total. The molecule has 0 aliphatic heterocycles. The molecular formula is C13H19N3. The van der Waals surface area contributed by atoms with Crippen molar-refractivity contribution >= 4 is 5.65 Å². The van der Waals surface area contributed by atoms with E-state index < -0.39 is 0 Å². The van der Waals surface area contributed by atoms with Crippen LogP contribution in [0.25, 0.3) is 5.65 Å². The van der Waals surface area contributed by atoms with Gasteiger partial charge in [-0.15, -0.1) is 10.2 Å². The normalized spacial score (nSPS) is 12.2. The standard InChI is InChI=1S/C13H19N3/c1-5-7-11-14-15-12-10(13(2,3)4)8-6-9-16(11)12/h6,8-9H,5,7H2,1-4H3. The minimum atomic E-state index is 0.110. The van der Waals surface area contributed by atoms with Crippen LogP contribution in [-0.2, 0) is 11.8 Å². The molecule has 0 saturated heterocycles. The number of pyridine rings is 1. The number of rotatable bonds is 2. The Labute approximate surface area is 96.5 Å². The number of nitrogens with zero attached hydrogens (tertiary/aromatic N) is 3. The van der Waals surface area contributed by atoms with Crippen molar-refractivity contribution in [2.75, 3.05) is 0 Å². The molecule has 0 N–H and O–H groups in total. The van der Waals surface area contributed by atoms with Gasteiger partial charge < -0.3 is 0 Å². The molecule has 0 aliphatic rings. The Hall–Kier alpha value is -1.38. The third-order valence-corrected chi connectivity index (χ3v) is 2.79. The summed E-state index contributed by atoms with van der Waals surface area (Å²) in [6.07, 6.45) is 4.13. The summed E-state index contributed by atoms with van der Waals surface area (Å²) in [5.41, 5.74) is 2.36. The molecule has 2 heterocycles. The van der Waals surface area contributed by atoms with Gasteiger partial charge in [0.1, 0.15) is 5.82 Å². The van der Waals surface area contributed by atoms with Crippen LogP contribution in [0.15, 0.2) is 18.3 Å². The summed E-state index contributed by atoms with van der Waals surface area (Å²) in [5, 5.41) is 8.59. The lowest BCUT2D eigenvalue weighted by Crippen LogP contribution is -2.13. The maximum absolute atomic E-state index is 4.32. The van der Waals surface area contributed by atoms with Crippen LogP contribution < -0.4 is 0 Å². The summed E-state index contributed by atoms with van der Waals surface area (Å²) >= 11 is 0. The van der Waals surface area contributed by atoms with Crippen LogP contribution in [0, 0.1) is 0 Å². The average molecular weight is 217 g/mol. The highest BCUT2D eigenvalue weighted by Gasteiger charge is 2.19. The van der Waals surface area contributed by atoms with Gasteiger partial charge in [0.05, 0.1) is 0 Å². The second-order valence-corrected chi connectivity index (χ2v) is 5.23. The van der Waals surface area contributed by atoms with Crippen molar-refractivity contribution in [2.45, 2.75) is 46.0 Å². The molecule has 0 atom stereocenters. The van der Waals surface area contributed by atoms with Gasteiger partial charge in [-0.3, -0.25) is 4.40 Å². The van der Waals surface area contributed by atoms with Crippen molar-refractivity contribution in [3.05, 3.63) is 29.7 Å². The number of hydrogen-bond acceptors (Lipinski definition) is 2. The lowest BCUT2D eigenvalue weighted by molar-refractivity contribution is 0.591. The first-order valence-corrected chi connectivity index (χ1v) is 5.87. The summed E-state index contributed by atoms with van der Waals surface area (Å²) in [5.74, 6) is 1.06. The van der Waals surface area contributed by atoms with Crippen LogP contribution >= 0.6 is 0 Å². The minimum Gasteiger partial charge on any atom is -0.286 e. The molecule has 0 radical (unpaired) electrons. The molecule has 0 amide bonds. The maximum Gasteiger partial charge on any atom is 0.164 e. The van der Waals surface area contributed by atoms with Crippen molar-refractivity contribution in [3.8, 4) is 0 Å². The number of hydrogen-bond donors (Lipinski definition) is 0. The van der Waals surface area contributed by atoms with E-state index in [0.29, 0.717) is 0 Å². The number of aromatic nitrogens is 3. The summed E-state index contributed by atoms with van der Waals surface area (Å²) in [4.78, 5) is 0. The molecule has 0 bridgehead atoms. The number of fused-ring (bicyclic) bond motifs is 1. The first kappa shape index (κ1) is 11.1. The van der Waals surface area contributed by atoms with E-state index in [0.717, 1.165) is 24.3 Å². The third-order valence-electron chi connectivity index (χ3n) is 2.79. The topological polar surface area (TPSA) is 30.2 Å². The van der Waals surface area contributed by atoms with Gasteiger partial charge in [-0.2, -0.15) is 0 Å². The fourth-order valence-electron chi connectivity index (χ4n) is 1.94. The second-order valence-electron chi connectivity index (χ2n) is 5.23. The number of aryl methyl sites for hydroxylation is 1. The molecule has 0 aromatic carbocycles. The predicted octanol–water partition coefficient (Wildman–Crippen LogP) is 2.98. The van der Waals surface area contributed by atoms with E-state index in [2.05, 4.69) is 60.6 Å². The molecule has 2 aromatic rings. The van der Waals surface area contributed by atoms with Crippen LogP contribution in [-0.4, -0.2) is 14.6 Å². The Balaban J connectivity index is 2.62. The van der Waals surface area contributed by atoms with E-state index in [1.807, 2.05) is 0 Å². The molecule has 86 valence electrons. The monoisotopic (exact) mass is 217 g/mol. The summed E-state index contributed by atoms with van der Waals surface area (Å²) in [6, 6.07) is 4.22. The van der Waals surface area contributed by atoms with E-state index in [9.17, 15) is 0 Å². The largest absolute Gasteiger partial charge is 0.286 e. The van der Waals surface area contributed by atoms with Gasteiger partial charge in [0, 0.05) is 18.2 Å². The van der Waals surface area contributed by atoms with Crippen LogP contribution in [0.3, 0.4) is 0 Å². The van der Waals surface area contributed by atoms with E-state index >= 15 is 0 Å². The van der Waals surface area contributed by atoms with Crippen molar-refractivity contribution in [3.63, 3.8) is 0 Å². The summed E-state index contributed by atoms with van der Waals surface area (Å²) in [7, 11) is 0. The summed E-state index contributed by atoms with van der Waals surface area (Å²) < 4.78 is 2.12. The Bertz CT molecular complexity index is 491. The fraction of sp³-hybridized carbons (Fsp3) is 0.538. The van der Waals surface area contributed by atoms with Gasteiger partial charge >= 0.3 is 0 Å². The van der Waals surface area contributed by atoms with E-state index in [1.54, 1.807) is 0 Å². The molecule has 16 heavy (non-hydrogen) atoms. The Morgan fingerprint density at radius 3 is 2.62 bits per heavy atom. The third kappa shape index (κ3) is 1.82. The van der Waals surface area contributed by atoms with Gasteiger partial charge in [-0.1, -0.05) is 33.8 Å². The molecule has 3 heteroatoms. The van der Waals surface area contributed by atoms with Crippen LogP contribution in [0.4, 0.5) is 0 Å². The molecule has 0 spiro atoms. The second kappa shape index (κ2) is 3.89. The Morgan fingerprint density at radius 1 is 1.25 bits per heavy atom. The highest BCUT2D eigenvalue weighted by Crippen LogP contribution is 2.25. The van der Waals surface area contributed by atoms with Crippen molar-refractivity contribution in [1.82, 2.24) is 14.6 Å². The van der Waals surface area contributed by atoms with Crippen LogP contribution in [0.5, 0.6) is 0 Å². The first-order chi connectivity index (χ1) is 7.54. The van der Waals surface area contributed by atoms with Gasteiger partial charge in [0.15, 0.2) is 5.65 Å². The van der Waals surface area contributed by atoms with E-state index in [-0.39, 0.29) is 5.41 Å². The summed E-state index contributed by atoms with van der Waals surface area (Å²) in [6.45, 7) is 8.78. The Kier molecular flexibility index (Phi) is 2.70. The maximum atomic E-state index is 4.32. The average Bonchev–Trinajstić information content (AvgIpc) is 2.61. The highest BCUT2D eigenvalue weighted by atomic mass is 15.2. The van der Waals surface area contributed by atoms with Crippen molar-refractivity contribution < 1.29 is 0 Å². The lowest BCUT2D eigenvalue weighted by atomic mass is 9.88. The van der Waals surface area contributed by atoms with Gasteiger partial charge in [0.2, 0.25) is 0 Å². The predicted molar refractivity (Wildman–Crippen MR) is 65.7 cm³/mol. The molecule has 2 rings (SSSR count). The molecule has 0 fully saturated rings. The van der Waals surface area contributed by atoms with Gasteiger partial charge in [0.25, 0.3) is 0 Å². The molecule has 0 saturated carbocycles. The SMILES string of the molecule is CCCc1nnc2c(C(C)(C)C)cccn12. The van der Waals surface area contributed by atoms with E-state index in [4.69, 9.17) is 0 Å². The van der Waals surface area contributed by atoms with E-state index in [1.165, 1.54) is 5.56 Å². The lowest BCUT2D eigenvalue weighted by Gasteiger charge is -2.19. The first-order valence-electron chi connectivity index (χ1n) is 5.87. The zero-order chi connectivity index (χ0) is 11.8. The fourth-order valence-corrected chi connectivity index (χ4v) is 1.94. The zero-order valence-electron chi connectivity index (χ0n) is 10.5. The van der Waals surface area contributed by atoms with Crippen LogP contribution in [0.2, 0.25) is 0 Å². The van der Waals surface area contributed by atoms with Gasteiger partial charge in [-0.05, 0) is 17.9 Å². The molecule has 0 unspecified atom stereocenters. The molecule has 2 aromatic heterocycles. The minimum absolute atomic E-state index is 0.110. The quantitative estimate of drug-likeness (QED) is 0.774. The molecular weight excluding hydrogens is 198 g/mol.